The number of hydrogen-bond donors (Lipinski definition) is 5. The van der Waals surface area contributed by atoms with Gasteiger partial charge in [-0.3, -0.25) is 9.59 Å². The molecule has 2 bridgehead atoms. The fourth-order valence-corrected chi connectivity index (χ4v) is 5.33. The fourth-order valence-electron chi connectivity index (χ4n) is 5.33. The van der Waals surface area contributed by atoms with Crippen LogP contribution < -0.4 is 16.4 Å². The molecule has 13 heteroatoms. The van der Waals surface area contributed by atoms with Crippen LogP contribution in [-0.4, -0.2) is 73.0 Å². The van der Waals surface area contributed by atoms with E-state index < -0.39 is 53.6 Å². The predicted molar refractivity (Wildman–Crippen MR) is 192 cm³/mol. The van der Waals surface area contributed by atoms with Gasteiger partial charge in [-0.05, 0) is 51.5 Å². The van der Waals surface area contributed by atoms with Crippen molar-refractivity contribution in [3.8, 4) is 11.5 Å². The van der Waals surface area contributed by atoms with Crippen LogP contribution in [0.4, 0.5) is 16.2 Å². The third-order valence-electron chi connectivity index (χ3n) is 7.90. The van der Waals surface area contributed by atoms with Crippen LogP contribution in [-0.2, 0) is 23.8 Å². The molecule has 0 spiro atoms. The number of carbonyl (C=O) groups excluding carboxylic acids is 3. The SMILES string of the molecule is CCON=C1[C@@H](OC)CC(C)=Cc2c(O)c(cc(O)c2NC(=O)c2ccccc2)NC(=O)C(C)=CC=C[C@H](OC)[C@@H](OC(N)=O)C(C)=C[C@@H]1C. The number of benzene rings is 2. The minimum Gasteiger partial charge on any atom is -0.506 e. The average molecular weight is 691 g/mol. The van der Waals surface area contributed by atoms with E-state index in [-0.39, 0.29) is 35.5 Å². The van der Waals surface area contributed by atoms with Gasteiger partial charge in [0.1, 0.15) is 30.3 Å². The van der Waals surface area contributed by atoms with Crippen LogP contribution in [0, 0.1) is 5.92 Å². The molecule has 3 rings (SSSR count). The number of carbonyl (C=O) groups is 3. The van der Waals surface area contributed by atoms with Crippen molar-refractivity contribution >= 4 is 41.1 Å². The zero-order chi connectivity index (χ0) is 37.0. The third-order valence-corrected chi connectivity index (χ3v) is 7.90. The first kappa shape index (κ1) is 39.0. The van der Waals surface area contributed by atoms with Crippen LogP contribution in [0.15, 0.2) is 82.6 Å². The zero-order valence-electron chi connectivity index (χ0n) is 29.4. The van der Waals surface area contributed by atoms with E-state index in [1.54, 1.807) is 76.3 Å². The largest absolute Gasteiger partial charge is 0.506 e. The fraction of sp³-hybridized carbons (Fsp3) is 0.351. The van der Waals surface area contributed by atoms with Crippen molar-refractivity contribution in [2.45, 2.75) is 59.4 Å². The maximum Gasteiger partial charge on any atom is 0.405 e. The number of ether oxygens (including phenoxy) is 3. The van der Waals surface area contributed by atoms with Gasteiger partial charge in [0.15, 0.2) is 6.10 Å². The summed E-state index contributed by atoms with van der Waals surface area (Å²) in [5.74, 6) is -2.31. The molecular weight excluding hydrogens is 644 g/mol. The number of rotatable bonds is 7. The van der Waals surface area contributed by atoms with Crippen LogP contribution in [0.5, 0.6) is 11.5 Å². The number of nitrogens with two attached hydrogens (primary N) is 1. The average Bonchev–Trinajstić information content (AvgIpc) is 3.08. The lowest BCUT2D eigenvalue weighted by atomic mass is 9.92. The lowest BCUT2D eigenvalue weighted by Crippen LogP contribution is -2.35. The molecule has 2 aromatic carbocycles. The molecule has 0 saturated carbocycles. The monoisotopic (exact) mass is 690 g/mol. The van der Waals surface area contributed by atoms with Crippen molar-refractivity contribution in [3.63, 3.8) is 0 Å². The molecule has 0 aliphatic carbocycles. The Morgan fingerprint density at radius 2 is 1.80 bits per heavy atom. The molecule has 268 valence electrons. The smallest absolute Gasteiger partial charge is 0.405 e. The summed E-state index contributed by atoms with van der Waals surface area (Å²) in [4.78, 5) is 43.8. The number of anilines is 2. The van der Waals surface area contributed by atoms with Gasteiger partial charge in [0.05, 0.1) is 17.1 Å². The van der Waals surface area contributed by atoms with Gasteiger partial charge in [-0.1, -0.05) is 60.2 Å². The molecule has 4 atom stereocenters. The highest BCUT2D eigenvalue weighted by atomic mass is 16.6. The van der Waals surface area contributed by atoms with Crippen molar-refractivity contribution in [1.29, 1.82) is 0 Å². The molecule has 1 aliphatic heterocycles. The number of phenolic OH excluding ortho intramolecular Hbond substituents is 2. The number of allylic oxidation sites excluding steroid dienone is 3. The van der Waals surface area contributed by atoms with Gasteiger partial charge in [0.25, 0.3) is 11.8 Å². The first-order valence-corrected chi connectivity index (χ1v) is 16.0. The van der Waals surface area contributed by atoms with Crippen molar-refractivity contribution in [1.82, 2.24) is 0 Å². The molecule has 1 heterocycles. The van der Waals surface area contributed by atoms with Gasteiger partial charge in [-0.2, -0.15) is 0 Å². The summed E-state index contributed by atoms with van der Waals surface area (Å²) < 4.78 is 17.0. The van der Waals surface area contributed by atoms with Crippen molar-refractivity contribution < 1.29 is 43.6 Å². The highest BCUT2D eigenvalue weighted by molar-refractivity contribution is 6.09. The molecule has 6 N–H and O–H groups in total. The van der Waals surface area contributed by atoms with Crippen molar-refractivity contribution in [3.05, 3.63) is 88.5 Å². The van der Waals surface area contributed by atoms with Crippen molar-refractivity contribution in [2.75, 3.05) is 31.5 Å². The number of primary amides is 1. The highest BCUT2D eigenvalue weighted by Crippen LogP contribution is 2.42. The molecule has 0 unspecified atom stereocenters. The topological polar surface area (TPSA) is 191 Å². The molecule has 13 nitrogen and oxygen atoms in total. The highest BCUT2D eigenvalue weighted by Gasteiger charge is 2.28. The molecular formula is C37H46N4O9. The minimum absolute atomic E-state index is 0.0536. The van der Waals surface area contributed by atoms with E-state index in [9.17, 15) is 24.6 Å². The molecule has 0 fully saturated rings. The summed E-state index contributed by atoms with van der Waals surface area (Å²) in [6, 6.07) is 9.54. The normalized spacial score (nSPS) is 21.4. The number of oxime groups is 1. The second-order valence-corrected chi connectivity index (χ2v) is 11.7. The van der Waals surface area contributed by atoms with Gasteiger partial charge in [0, 0.05) is 49.3 Å². The Hall–Kier alpha value is -5.40. The van der Waals surface area contributed by atoms with Crippen LogP contribution >= 0.6 is 0 Å². The van der Waals surface area contributed by atoms with E-state index >= 15 is 0 Å². The molecule has 3 amide bonds. The second-order valence-electron chi connectivity index (χ2n) is 11.7. The quantitative estimate of drug-likeness (QED) is 0.0994. The lowest BCUT2D eigenvalue weighted by Gasteiger charge is -2.26. The minimum atomic E-state index is -1.00. The number of nitrogens with one attached hydrogen (secondary N) is 2. The van der Waals surface area contributed by atoms with E-state index in [2.05, 4.69) is 15.8 Å². The summed E-state index contributed by atoms with van der Waals surface area (Å²) in [7, 11) is 2.96. The molecule has 50 heavy (non-hydrogen) atoms. The second kappa shape index (κ2) is 18.4. The molecule has 0 aromatic heterocycles. The Labute approximate surface area is 292 Å². The van der Waals surface area contributed by atoms with E-state index in [1.807, 2.05) is 13.0 Å². The number of amides is 3. The van der Waals surface area contributed by atoms with Gasteiger partial charge in [-0.15, -0.1) is 0 Å². The van der Waals surface area contributed by atoms with Gasteiger partial charge >= 0.3 is 6.09 Å². The number of hydrogen-bond acceptors (Lipinski definition) is 10. The van der Waals surface area contributed by atoms with E-state index in [4.69, 9.17) is 24.8 Å². The Bertz CT molecular complexity index is 1700. The molecule has 0 saturated heterocycles. The Morgan fingerprint density at radius 3 is 2.42 bits per heavy atom. The van der Waals surface area contributed by atoms with Crippen LogP contribution in [0.25, 0.3) is 6.08 Å². The third kappa shape index (κ3) is 10.3. The van der Waals surface area contributed by atoms with E-state index in [0.717, 1.165) is 6.07 Å². The zero-order valence-corrected chi connectivity index (χ0v) is 29.4. The Balaban J connectivity index is 2.26. The molecule has 2 aromatic rings. The summed E-state index contributed by atoms with van der Waals surface area (Å²) in [5, 5.41) is 32.4. The molecule has 0 radical (unpaired) electrons. The summed E-state index contributed by atoms with van der Waals surface area (Å²) in [6.07, 6.45) is 4.95. The Kier molecular flexibility index (Phi) is 14.4. The first-order chi connectivity index (χ1) is 23.8. The number of fused-ring (bicyclic) bond motifs is 2. The lowest BCUT2D eigenvalue weighted by molar-refractivity contribution is -0.112. The number of methoxy groups -OCH3 is 2. The predicted octanol–water partition coefficient (Wildman–Crippen LogP) is 6.07. The Morgan fingerprint density at radius 1 is 1.10 bits per heavy atom. The number of nitrogens with zero attached hydrogens (tertiary/aromatic N) is 1. The summed E-state index contributed by atoms with van der Waals surface area (Å²) >= 11 is 0. The van der Waals surface area contributed by atoms with E-state index in [1.165, 1.54) is 20.3 Å². The van der Waals surface area contributed by atoms with Crippen LogP contribution in [0.3, 0.4) is 0 Å². The van der Waals surface area contributed by atoms with Crippen LogP contribution in [0.1, 0.15) is 57.0 Å². The summed E-state index contributed by atoms with van der Waals surface area (Å²) in [6.45, 7) is 9.05. The summed E-state index contributed by atoms with van der Waals surface area (Å²) in [5.41, 5.74) is 7.63. The number of aromatic hydroxyl groups is 2. The van der Waals surface area contributed by atoms with Gasteiger partial charge in [-0.25, -0.2) is 4.79 Å². The number of phenols is 2. The van der Waals surface area contributed by atoms with E-state index in [0.29, 0.717) is 22.4 Å². The van der Waals surface area contributed by atoms with Crippen molar-refractivity contribution in [2.24, 2.45) is 16.8 Å². The first-order valence-electron chi connectivity index (χ1n) is 16.0. The maximum atomic E-state index is 13.2. The standard InChI is InChI=1S/C37H46N4O9/c1-8-49-41-31-23(4)19-24(5)34(50-37(38)46)29(47-6)16-12-13-22(3)35(44)39-27-20-28(42)32(40-36(45)25-14-10-9-11-15-25)26(33(27)43)17-21(2)18-30(31)48-7/h9-17,19-20,23,29-30,34,42-43H,8,18H2,1-7H3,(H2,38,46)(H,39,44)(H,40,45)/t23-,29-,30-,34-/m0/s1. The molecule has 1 aliphatic rings. The van der Waals surface area contributed by atoms with Crippen LogP contribution in [0.2, 0.25) is 0 Å². The van der Waals surface area contributed by atoms with Gasteiger partial charge in [0.2, 0.25) is 0 Å². The maximum absolute atomic E-state index is 13.2. The van der Waals surface area contributed by atoms with Gasteiger partial charge < -0.3 is 45.6 Å².